The van der Waals surface area contributed by atoms with Gasteiger partial charge in [-0.1, -0.05) is 31.4 Å². The molecule has 2 aromatic rings. The molecule has 39 heavy (non-hydrogen) atoms. The fraction of sp³-hybridized carbons (Fsp3) is 0.500. The number of hydrogen-bond acceptors (Lipinski definition) is 4. The summed E-state index contributed by atoms with van der Waals surface area (Å²) >= 11 is 0. The summed E-state index contributed by atoms with van der Waals surface area (Å²) in [6.45, 7) is 3.74. The highest BCUT2D eigenvalue weighted by Gasteiger charge is 2.24. The molecule has 2 aromatic carbocycles. The highest BCUT2D eigenvalue weighted by molar-refractivity contribution is 5.96. The predicted octanol–water partition coefficient (Wildman–Crippen LogP) is 4.38. The van der Waals surface area contributed by atoms with Gasteiger partial charge in [-0.3, -0.25) is 14.5 Å². The lowest BCUT2D eigenvalue weighted by molar-refractivity contribution is 0.0627. The second-order valence-electron chi connectivity index (χ2n) is 11.1. The van der Waals surface area contributed by atoms with Crippen molar-refractivity contribution in [1.29, 1.82) is 0 Å². The lowest BCUT2D eigenvalue weighted by Gasteiger charge is -2.35. The fourth-order valence-electron chi connectivity index (χ4n) is 5.35. The van der Waals surface area contributed by atoms with Crippen molar-refractivity contribution < 1.29 is 18.8 Å². The minimum Gasteiger partial charge on any atom is -0.349 e. The molecule has 0 radical (unpaired) electrons. The van der Waals surface area contributed by atoms with E-state index in [0.717, 1.165) is 31.2 Å². The average molecular weight is 536 g/mol. The van der Waals surface area contributed by atoms with E-state index in [4.69, 9.17) is 0 Å². The first kappa shape index (κ1) is 27.1. The smallest absolute Gasteiger partial charge is 0.319 e. The maximum Gasteiger partial charge on any atom is 0.319 e. The van der Waals surface area contributed by atoms with Gasteiger partial charge in [-0.25, -0.2) is 9.18 Å². The molecule has 3 fully saturated rings. The lowest BCUT2D eigenvalue weighted by Crippen LogP contribution is -2.48. The van der Waals surface area contributed by atoms with Gasteiger partial charge < -0.3 is 20.9 Å². The zero-order valence-corrected chi connectivity index (χ0v) is 22.4. The highest BCUT2D eigenvalue weighted by atomic mass is 19.1. The van der Waals surface area contributed by atoms with Crippen LogP contribution in [0.25, 0.3) is 0 Å². The SMILES string of the molecule is O=C(NCC1CC1)Nc1ccc(C(=O)N2CCN(Cc3cccc(C(=O)NC4CCCCC4)c3)CC2)cc1F. The van der Waals surface area contributed by atoms with Crippen LogP contribution in [0.3, 0.4) is 0 Å². The van der Waals surface area contributed by atoms with Gasteiger partial charge in [-0.2, -0.15) is 0 Å². The zero-order chi connectivity index (χ0) is 27.2. The molecule has 208 valence electrons. The van der Waals surface area contributed by atoms with Gasteiger partial charge in [0.2, 0.25) is 0 Å². The fourth-order valence-corrected chi connectivity index (χ4v) is 5.35. The number of hydrogen-bond donors (Lipinski definition) is 3. The standard InChI is InChI=1S/C30H38FN5O3/c31-26-18-24(11-12-27(26)34-30(39)32-19-21-9-10-21)29(38)36-15-13-35(14-16-36)20-22-5-4-6-23(17-22)28(37)33-25-7-2-1-3-8-25/h4-6,11-12,17-18,21,25H,1-3,7-10,13-16,19-20H2,(H,33,37)(H2,32,34,39). The van der Waals surface area contributed by atoms with E-state index in [1.807, 2.05) is 24.3 Å². The minimum absolute atomic E-state index is 0.00787. The van der Waals surface area contributed by atoms with Crippen LogP contribution in [0.1, 0.15) is 71.2 Å². The van der Waals surface area contributed by atoms with Crippen LogP contribution >= 0.6 is 0 Å². The van der Waals surface area contributed by atoms with Gasteiger partial charge in [0.25, 0.3) is 11.8 Å². The summed E-state index contributed by atoms with van der Waals surface area (Å²) in [4.78, 5) is 41.7. The minimum atomic E-state index is -0.631. The van der Waals surface area contributed by atoms with Crippen LogP contribution in [-0.2, 0) is 6.54 Å². The van der Waals surface area contributed by atoms with Crippen molar-refractivity contribution in [2.24, 2.45) is 5.92 Å². The molecule has 9 heteroatoms. The van der Waals surface area contributed by atoms with Crippen molar-refractivity contribution in [2.75, 3.05) is 38.0 Å². The summed E-state index contributed by atoms with van der Waals surface area (Å²) in [6.07, 6.45) is 7.95. The second-order valence-corrected chi connectivity index (χ2v) is 11.1. The summed E-state index contributed by atoms with van der Waals surface area (Å²) in [7, 11) is 0. The monoisotopic (exact) mass is 535 g/mol. The summed E-state index contributed by atoms with van der Waals surface area (Å²) in [5, 5.41) is 8.44. The number of nitrogens with zero attached hydrogens (tertiary/aromatic N) is 2. The number of carbonyl (C=O) groups is 3. The Morgan fingerprint density at radius 2 is 1.64 bits per heavy atom. The first-order chi connectivity index (χ1) is 18.9. The Morgan fingerprint density at radius 3 is 2.36 bits per heavy atom. The molecular weight excluding hydrogens is 497 g/mol. The van der Waals surface area contributed by atoms with Gasteiger partial charge in [0, 0.05) is 56.4 Å². The van der Waals surface area contributed by atoms with Gasteiger partial charge in [0.15, 0.2) is 0 Å². The Labute approximate surface area is 229 Å². The van der Waals surface area contributed by atoms with E-state index in [9.17, 15) is 18.8 Å². The van der Waals surface area contributed by atoms with Crippen molar-refractivity contribution in [3.8, 4) is 0 Å². The third-order valence-corrected chi connectivity index (χ3v) is 7.91. The van der Waals surface area contributed by atoms with E-state index in [-0.39, 0.29) is 29.1 Å². The topological polar surface area (TPSA) is 93.8 Å². The van der Waals surface area contributed by atoms with E-state index in [1.165, 1.54) is 31.4 Å². The maximum absolute atomic E-state index is 14.6. The van der Waals surface area contributed by atoms with Crippen LogP contribution in [0.4, 0.5) is 14.9 Å². The number of halogens is 1. The van der Waals surface area contributed by atoms with E-state index < -0.39 is 11.8 Å². The molecule has 0 atom stereocenters. The lowest BCUT2D eigenvalue weighted by atomic mass is 9.95. The van der Waals surface area contributed by atoms with E-state index in [2.05, 4.69) is 20.9 Å². The first-order valence-electron chi connectivity index (χ1n) is 14.2. The van der Waals surface area contributed by atoms with Gasteiger partial charge >= 0.3 is 6.03 Å². The number of amides is 4. The molecule has 2 saturated carbocycles. The second kappa shape index (κ2) is 12.6. The molecule has 3 N–H and O–H groups in total. The van der Waals surface area contributed by atoms with Crippen LogP contribution in [0.2, 0.25) is 0 Å². The molecule has 0 unspecified atom stereocenters. The van der Waals surface area contributed by atoms with Crippen LogP contribution in [0.15, 0.2) is 42.5 Å². The van der Waals surface area contributed by atoms with Crippen molar-refractivity contribution in [3.63, 3.8) is 0 Å². The number of rotatable bonds is 8. The number of piperazine rings is 1. The Balaban J connectivity index is 1.09. The van der Waals surface area contributed by atoms with Crippen molar-refractivity contribution in [3.05, 3.63) is 65.0 Å². The molecule has 0 spiro atoms. The molecule has 0 aromatic heterocycles. The Kier molecular flexibility index (Phi) is 8.76. The molecule has 1 saturated heterocycles. The van der Waals surface area contributed by atoms with Gasteiger partial charge in [-0.15, -0.1) is 0 Å². The van der Waals surface area contributed by atoms with Crippen LogP contribution in [-0.4, -0.2) is 66.4 Å². The summed E-state index contributed by atoms with van der Waals surface area (Å²) in [6, 6.07) is 11.8. The third-order valence-electron chi connectivity index (χ3n) is 7.91. The van der Waals surface area contributed by atoms with Crippen LogP contribution in [0, 0.1) is 11.7 Å². The maximum atomic E-state index is 14.6. The average Bonchev–Trinajstić information content (AvgIpc) is 3.78. The largest absolute Gasteiger partial charge is 0.349 e. The van der Waals surface area contributed by atoms with Crippen LogP contribution < -0.4 is 16.0 Å². The third kappa shape index (κ3) is 7.56. The number of anilines is 1. The highest BCUT2D eigenvalue weighted by Crippen LogP contribution is 2.27. The molecular formula is C30H38FN5O3. The van der Waals surface area contributed by atoms with E-state index >= 15 is 0 Å². The molecule has 1 heterocycles. The van der Waals surface area contributed by atoms with E-state index in [0.29, 0.717) is 50.7 Å². The van der Waals surface area contributed by atoms with Crippen molar-refractivity contribution >= 4 is 23.5 Å². The van der Waals surface area contributed by atoms with Crippen molar-refractivity contribution in [1.82, 2.24) is 20.4 Å². The molecule has 0 bridgehead atoms. The number of nitrogens with one attached hydrogen (secondary N) is 3. The zero-order valence-electron chi connectivity index (χ0n) is 22.4. The van der Waals surface area contributed by atoms with Crippen molar-refractivity contribution in [2.45, 2.75) is 57.5 Å². The molecule has 8 nitrogen and oxygen atoms in total. The number of urea groups is 1. The molecule has 4 amide bonds. The Bertz CT molecular complexity index is 1190. The number of carbonyl (C=O) groups excluding carboxylic acids is 3. The normalized spacial score (nSPS) is 18.4. The molecule has 1 aliphatic heterocycles. The number of benzene rings is 2. The molecule has 5 rings (SSSR count). The van der Waals surface area contributed by atoms with Gasteiger partial charge in [0.1, 0.15) is 5.82 Å². The van der Waals surface area contributed by atoms with Crippen LogP contribution in [0.5, 0.6) is 0 Å². The Hall–Kier alpha value is -3.46. The predicted molar refractivity (Wildman–Crippen MR) is 148 cm³/mol. The summed E-state index contributed by atoms with van der Waals surface area (Å²) in [5.41, 5.74) is 2.07. The quantitative estimate of drug-likeness (QED) is 0.468. The Morgan fingerprint density at radius 1 is 0.872 bits per heavy atom. The summed E-state index contributed by atoms with van der Waals surface area (Å²) in [5.74, 6) is -0.330. The van der Waals surface area contributed by atoms with Gasteiger partial charge in [0.05, 0.1) is 5.69 Å². The van der Waals surface area contributed by atoms with Gasteiger partial charge in [-0.05, 0) is 67.5 Å². The molecule has 2 aliphatic carbocycles. The first-order valence-corrected chi connectivity index (χ1v) is 14.2. The molecule has 3 aliphatic rings. The summed E-state index contributed by atoms with van der Waals surface area (Å²) < 4.78 is 14.6. The van der Waals surface area contributed by atoms with E-state index in [1.54, 1.807) is 11.0 Å².